The Kier molecular flexibility index (Phi) is 4.80. The molecule has 1 aromatic heterocycles. The first-order valence-electron chi connectivity index (χ1n) is 7.86. The Labute approximate surface area is 144 Å². The van der Waals surface area contributed by atoms with Crippen LogP contribution in [-0.4, -0.2) is 41.9 Å². The number of carbonyl (C=O) groups excluding carboxylic acids is 1. The van der Waals surface area contributed by atoms with Crippen molar-refractivity contribution < 1.29 is 9.72 Å². The van der Waals surface area contributed by atoms with Crippen molar-refractivity contribution in [1.82, 2.24) is 4.90 Å². The summed E-state index contributed by atoms with van der Waals surface area (Å²) in [7, 11) is 1.78. The number of rotatable bonds is 4. The summed E-state index contributed by atoms with van der Waals surface area (Å²) < 4.78 is 0. The zero-order valence-corrected chi connectivity index (χ0v) is 14.2. The molecule has 2 heterocycles. The Balaban J connectivity index is 1.70. The van der Waals surface area contributed by atoms with Crippen molar-refractivity contribution in [2.24, 2.45) is 0 Å². The number of amides is 1. The number of benzene rings is 1. The standard InChI is InChI=1S/C17H19N3O3S/c1-18(17(21)13-10-16(20(22)23)24-12-13)15-8-5-9-19(11-15)14-6-3-2-4-7-14/h2-4,6-7,10,12,15H,5,8-9,11H2,1H3/t15-/m1/s1. The minimum absolute atomic E-state index is 0.00121. The number of nitro groups is 1. The van der Waals surface area contributed by atoms with E-state index >= 15 is 0 Å². The molecule has 2 aromatic rings. The molecule has 1 fully saturated rings. The Bertz CT molecular complexity index is 732. The third-order valence-electron chi connectivity index (χ3n) is 4.40. The molecule has 1 aromatic carbocycles. The molecule has 3 rings (SSSR count). The zero-order chi connectivity index (χ0) is 17.1. The number of nitrogens with zero attached hydrogens (tertiary/aromatic N) is 3. The number of piperidine rings is 1. The summed E-state index contributed by atoms with van der Waals surface area (Å²) in [5, 5.41) is 12.4. The fourth-order valence-corrected chi connectivity index (χ4v) is 3.74. The number of carbonyl (C=O) groups is 1. The lowest BCUT2D eigenvalue weighted by atomic mass is 10.0. The second kappa shape index (κ2) is 7.00. The van der Waals surface area contributed by atoms with Crippen molar-refractivity contribution in [2.75, 3.05) is 25.0 Å². The van der Waals surface area contributed by atoms with E-state index < -0.39 is 4.92 Å². The van der Waals surface area contributed by atoms with Crippen LogP contribution in [0.4, 0.5) is 10.7 Å². The Morgan fingerprint density at radius 3 is 2.79 bits per heavy atom. The highest BCUT2D eigenvalue weighted by Crippen LogP contribution is 2.26. The van der Waals surface area contributed by atoms with Crippen LogP contribution in [0.3, 0.4) is 0 Å². The Morgan fingerprint density at radius 2 is 2.12 bits per heavy atom. The van der Waals surface area contributed by atoms with E-state index in [2.05, 4.69) is 17.0 Å². The molecule has 1 atom stereocenters. The predicted molar refractivity (Wildman–Crippen MR) is 94.7 cm³/mol. The third kappa shape index (κ3) is 3.41. The van der Waals surface area contributed by atoms with Gasteiger partial charge in [-0.1, -0.05) is 29.5 Å². The van der Waals surface area contributed by atoms with E-state index in [1.54, 1.807) is 17.3 Å². The highest BCUT2D eigenvalue weighted by molar-refractivity contribution is 7.13. The van der Waals surface area contributed by atoms with Gasteiger partial charge in [0.15, 0.2) is 0 Å². The first kappa shape index (κ1) is 16.4. The van der Waals surface area contributed by atoms with Crippen molar-refractivity contribution in [3.8, 4) is 0 Å². The summed E-state index contributed by atoms with van der Waals surface area (Å²) in [6.07, 6.45) is 1.96. The van der Waals surface area contributed by atoms with E-state index in [1.165, 1.54) is 6.07 Å². The molecule has 24 heavy (non-hydrogen) atoms. The highest BCUT2D eigenvalue weighted by atomic mass is 32.1. The average Bonchev–Trinajstić information content (AvgIpc) is 3.12. The number of para-hydroxylation sites is 1. The summed E-state index contributed by atoms with van der Waals surface area (Å²) in [6, 6.07) is 11.6. The van der Waals surface area contributed by atoms with Crippen LogP contribution in [0, 0.1) is 10.1 Å². The lowest BCUT2D eigenvalue weighted by Gasteiger charge is -2.38. The molecule has 0 radical (unpaired) electrons. The summed E-state index contributed by atoms with van der Waals surface area (Å²) in [5.74, 6) is -0.153. The van der Waals surface area contributed by atoms with Gasteiger partial charge >= 0.3 is 5.00 Å². The second-order valence-corrected chi connectivity index (χ2v) is 6.81. The molecule has 1 amide bonds. The van der Waals surface area contributed by atoms with Gasteiger partial charge in [0.2, 0.25) is 0 Å². The molecular formula is C17H19N3O3S. The van der Waals surface area contributed by atoms with Gasteiger partial charge in [-0.05, 0) is 25.0 Å². The van der Waals surface area contributed by atoms with Crippen LogP contribution in [0.25, 0.3) is 0 Å². The highest BCUT2D eigenvalue weighted by Gasteiger charge is 2.28. The molecule has 0 bridgehead atoms. The first-order chi connectivity index (χ1) is 11.6. The summed E-state index contributed by atoms with van der Waals surface area (Å²) >= 11 is 0.990. The number of likely N-dealkylation sites (N-methyl/N-ethyl adjacent to an activating group) is 1. The van der Waals surface area contributed by atoms with Gasteiger partial charge in [0.25, 0.3) is 5.91 Å². The van der Waals surface area contributed by atoms with Crippen molar-refractivity contribution >= 4 is 27.9 Å². The van der Waals surface area contributed by atoms with Gasteiger partial charge in [0.05, 0.1) is 10.5 Å². The number of hydrogen-bond acceptors (Lipinski definition) is 5. The van der Waals surface area contributed by atoms with E-state index in [0.29, 0.717) is 5.56 Å². The molecule has 0 saturated carbocycles. The van der Waals surface area contributed by atoms with E-state index in [0.717, 1.165) is 43.0 Å². The topological polar surface area (TPSA) is 66.7 Å². The normalized spacial score (nSPS) is 17.5. The first-order valence-corrected chi connectivity index (χ1v) is 8.74. The number of thiophene rings is 1. The van der Waals surface area contributed by atoms with Gasteiger partial charge in [0, 0.05) is 43.3 Å². The van der Waals surface area contributed by atoms with Gasteiger partial charge in [-0.2, -0.15) is 0 Å². The van der Waals surface area contributed by atoms with Crippen molar-refractivity contribution in [2.45, 2.75) is 18.9 Å². The lowest BCUT2D eigenvalue weighted by Crippen LogP contribution is -2.48. The fourth-order valence-electron chi connectivity index (χ4n) is 3.05. The molecular weight excluding hydrogens is 326 g/mol. The van der Waals surface area contributed by atoms with Crippen molar-refractivity contribution in [1.29, 1.82) is 0 Å². The third-order valence-corrected chi connectivity index (χ3v) is 5.28. The Morgan fingerprint density at radius 1 is 1.38 bits per heavy atom. The largest absolute Gasteiger partial charge is 0.369 e. The van der Waals surface area contributed by atoms with Crippen LogP contribution in [0.15, 0.2) is 41.8 Å². The van der Waals surface area contributed by atoms with Crippen LogP contribution in [0.2, 0.25) is 0 Å². The van der Waals surface area contributed by atoms with Gasteiger partial charge in [-0.25, -0.2) is 0 Å². The number of hydrogen-bond donors (Lipinski definition) is 0. The second-order valence-electron chi connectivity index (χ2n) is 5.92. The minimum Gasteiger partial charge on any atom is -0.369 e. The van der Waals surface area contributed by atoms with Gasteiger partial charge in [0.1, 0.15) is 0 Å². The SMILES string of the molecule is CN(C(=O)c1csc([N+](=O)[O-])c1)[C@@H]1CCCN(c2ccccc2)C1. The molecule has 1 aliphatic rings. The van der Waals surface area contributed by atoms with E-state index in [1.807, 2.05) is 18.2 Å². The maximum Gasteiger partial charge on any atom is 0.324 e. The molecule has 0 aliphatic carbocycles. The van der Waals surface area contributed by atoms with Gasteiger partial charge in [-0.15, -0.1) is 0 Å². The van der Waals surface area contributed by atoms with Crippen LogP contribution < -0.4 is 4.90 Å². The van der Waals surface area contributed by atoms with E-state index in [9.17, 15) is 14.9 Å². The molecule has 7 heteroatoms. The molecule has 1 saturated heterocycles. The van der Waals surface area contributed by atoms with E-state index in [4.69, 9.17) is 0 Å². The summed E-state index contributed by atoms with van der Waals surface area (Å²) in [6.45, 7) is 1.75. The van der Waals surface area contributed by atoms with Gasteiger partial charge < -0.3 is 9.80 Å². The molecule has 0 unspecified atom stereocenters. The lowest BCUT2D eigenvalue weighted by molar-refractivity contribution is -0.380. The molecule has 6 nitrogen and oxygen atoms in total. The predicted octanol–water partition coefficient (Wildman–Crippen LogP) is 3.40. The minimum atomic E-state index is -0.459. The van der Waals surface area contributed by atoms with Crippen molar-refractivity contribution in [3.05, 3.63) is 57.5 Å². The Hall–Kier alpha value is -2.41. The maximum absolute atomic E-state index is 12.6. The van der Waals surface area contributed by atoms with Crippen LogP contribution in [0.1, 0.15) is 23.2 Å². The molecule has 0 spiro atoms. The maximum atomic E-state index is 12.6. The quantitative estimate of drug-likeness (QED) is 0.629. The fraction of sp³-hybridized carbons (Fsp3) is 0.353. The van der Waals surface area contributed by atoms with Gasteiger partial charge in [-0.3, -0.25) is 14.9 Å². The smallest absolute Gasteiger partial charge is 0.324 e. The molecule has 126 valence electrons. The number of anilines is 1. The zero-order valence-electron chi connectivity index (χ0n) is 13.4. The average molecular weight is 345 g/mol. The summed E-state index contributed by atoms with van der Waals surface area (Å²) in [4.78, 5) is 27.0. The summed E-state index contributed by atoms with van der Waals surface area (Å²) in [5.41, 5.74) is 1.56. The van der Waals surface area contributed by atoms with Crippen molar-refractivity contribution in [3.63, 3.8) is 0 Å². The monoisotopic (exact) mass is 345 g/mol. The van der Waals surface area contributed by atoms with E-state index in [-0.39, 0.29) is 17.0 Å². The van der Waals surface area contributed by atoms with Crippen LogP contribution in [0.5, 0.6) is 0 Å². The van der Waals surface area contributed by atoms with Crippen LogP contribution in [-0.2, 0) is 0 Å². The van der Waals surface area contributed by atoms with Crippen LogP contribution >= 0.6 is 11.3 Å². The molecule has 1 aliphatic heterocycles. The molecule has 0 N–H and O–H groups in total.